The molecule has 2 aromatic rings. The number of amides is 2. The zero-order valence-corrected chi connectivity index (χ0v) is 14.7. The van der Waals surface area contributed by atoms with E-state index in [0.29, 0.717) is 22.3 Å². The van der Waals surface area contributed by atoms with Crippen LogP contribution in [0.5, 0.6) is 0 Å². The quantitative estimate of drug-likeness (QED) is 0.859. The van der Waals surface area contributed by atoms with Crippen molar-refractivity contribution in [1.29, 1.82) is 0 Å². The normalized spacial score (nSPS) is 11.2. The Hall–Kier alpha value is -1.85. The van der Waals surface area contributed by atoms with Crippen molar-refractivity contribution in [3.05, 3.63) is 52.0 Å². The minimum Gasteiger partial charge on any atom is -0.334 e. The van der Waals surface area contributed by atoms with Gasteiger partial charge >= 0.3 is 6.03 Å². The van der Waals surface area contributed by atoms with Crippen LogP contribution in [-0.4, -0.2) is 16.0 Å². The van der Waals surface area contributed by atoms with Gasteiger partial charge in [-0.25, -0.2) is 14.8 Å². The van der Waals surface area contributed by atoms with Crippen LogP contribution < -0.4 is 10.6 Å². The number of rotatable bonds is 3. The Morgan fingerprint density at radius 1 is 1.22 bits per heavy atom. The van der Waals surface area contributed by atoms with Crippen molar-refractivity contribution in [3.8, 4) is 0 Å². The zero-order valence-electron chi connectivity index (χ0n) is 13.2. The molecule has 0 spiro atoms. The fourth-order valence-electron chi connectivity index (χ4n) is 2.09. The van der Waals surface area contributed by atoms with Crippen molar-refractivity contribution in [2.75, 3.05) is 5.32 Å². The number of carbonyl (C=O) groups excluding carboxylic acids is 1. The summed E-state index contributed by atoms with van der Waals surface area (Å²) in [6, 6.07) is 4.56. The molecule has 1 aromatic carbocycles. The molecule has 2 rings (SSSR count). The van der Waals surface area contributed by atoms with Gasteiger partial charge in [-0.15, -0.1) is 0 Å². The molecule has 0 fully saturated rings. The van der Waals surface area contributed by atoms with Crippen molar-refractivity contribution < 1.29 is 4.79 Å². The Balaban J connectivity index is 2.01. The molecule has 0 radical (unpaired) electrons. The third-order valence-electron chi connectivity index (χ3n) is 3.12. The van der Waals surface area contributed by atoms with Gasteiger partial charge in [0.1, 0.15) is 6.33 Å². The maximum atomic E-state index is 12.0. The summed E-state index contributed by atoms with van der Waals surface area (Å²) in [6.45, 7) is 6.53. The SMILES string of the molecule is CC(C)(C)c1ncncc1CNC(=O)Nc1ccc(Cl)c(Cl)c1. The lowest BCUT2D eigenvalue weighted by atomic mass is 9.89. The lowest BCUT2D eigenvalue weighted by Crippen LogP contribution is -2.30. The molecule has 1 heterocycles. The fraction of sp³-hybridized carbons (Fsp3) is 0.312. The molecule has 0 unspecified atom stereocenters. The number of carbonyl (C=O) groups is 1. The number of nitrogens with one attached hydrogen (secondary N) is 2. The van der Waals surface area contributed by atoms with E-state index in [0.717, 1.165) is 11.3 Å². The number of hydrogen-bond donors (Lipinski definition) is 2. The van der Waals surface area contributed by atoms with Crippen molar-refractivity contribution in [2.45, 2.75) is 32.7 Å². The van der Waals surface area contributed by atoms with E-state index < -0.39 is 0 Å². The lowest BCUT2D eigenvalue weighted by Gasteiger charge is -2.21. The maximum Gasteiger partial charge on any atom is 0.319 e. The van der Waals surface area contributed by atoms with E-state index >= 15 is 0 Å². The van der Waals surface area contributed by atoms with Crippen LogP contribution in [-0.2, 0) is 12.0 Å². The molecule has 0 bridgehead atoms. The summed E-state index contributed by atoms with van der Waals surface area (Å²) in [5, 5.41) is 6.32. The van der Waals surface area contributed by atoms with E-state index in [-0.39, 0.29) is 11.4 Å². The molecule has 0 aliphatic carbocycles. The highest BCUT2D eigenvalue weighted by Gasteiger charge is 2.19. The van der Waals surface area contributed by atoms with Crippen molar-refractivity contribution in [1.82, 2.24) is 15.3 Å². The van der Waals surface area contributed by atoms with Gasteiger partial charge in [-0.05, 0) is 18.2 Å². The van der Waals surface area contributed by atoms with Crippen LogP contribution in [0.2, 0.25) is 10.0 Å². The Morgan fingerprint density at radius 3 is 2.61 bits per heavy atom. The highest BCUT2D eigenvalue weighted by Crippen LogP contribution is 2.25. The van der Waals surface area contributed by atoms with Gasteiger partial charge in [0.15, 0.2) is 0 Å². The molecule has 5 nitrogen and oxygen atoms in total. The first-order valence-electron chi connectivity index (χ1n) is 7.06. The summed E-state index contributed by atoms with van der Waals surface area (Å²) >= 11 is 11.8. The second-order valence-corrected chi connectivity index (χ2v) is 6.90. The van der Waals surface area contributed by atoms with E-state index in [9.17, 15) is 4.79 Å². The molecular formula is C16H18Cl2N4O. The Labute approximate surface area is 145 Å². The molecule has 0 saturated heterocycles. The lowest BCUT2D eigenvalue weighted by molar-refractivity contribution is 0.251. The molecule has 2 amide bonds. The molecule has 1 aromatic heterocycles. The van der Waals surface area contributed by atoms with Crippen molar-refractivity contribution in [3.63, 3.8) is 0 Å². The minimum absolute atomic E-state index is 0.125. The van der Waals surface area contributed by atoms with Gasteiger partial charge < -0.3 is 10.6 Å². The van der Waals surface area contributed by atoms with Crippen molar-refractivity contribution >= 4 is 34.9 Å². The number of aromatic nitrogens is 2. The minimum atomic E-state index is -0.341. The summed E-state index contributed by atoms with van der Waals surface area (Å²) in [6.07, 6.45) is 3.23. The fourth-order valence-corrected chi connectivity index (χ4v) is 2.39. The highest BCUT2D eigenvalue weighted by atomic mass is 35.5. The van der Waals surface area contributed by atoms with Crippen LogP contribution in [0.3, 0.4) is 0 Å². The first-order chi connectivity index (χ1) is 10.8. The summed E-state index contributed by atoms with van der Waals surface area (Å²) in [4.78, 5) is 20.3. The van der Waals surface area contributed by atoms with Gasteiger partial charge in [0, 0.05) is 29.4 Å². The summed E-state index contributed by atoms with van der Waals surface area (Å²) in [5.41, 5.74) is 2.23. The molecule has 0 atom stereocenters. The smallest absolute Gasteiger partial charge is 0.319 e. The molecule has 122 valence electrons. The van der Waals surface area contributed by atoms with E-state index in [4.69, 9.17) is 23.2 Å². The first-order valence-corrected chi connectivity index (χ1v) is 7.82. The van der Waals surface area contributed by atoms with Crippen LogP contribution in [0.25, 0.3) is 0 Å². The number of nitrogens with zero attached hydrogens (tertiary/aromatic N) is 2. The van der Waals surface area contributed by atoms with Crippen molar-refractivity contribution in [2.24, 2.45) is 0 Å². The third kappa shape index (κ3) is 4.81. The summed E-state index contributed by atoms with van der Waals surface area (Å²) in [7, 11) is 0. The number of halogens is 2. The average molecular weight is 353 g/mol. The molecule has 0 saturated carbocycles. The molecule has 7 heteroatoms. The summed E-state index contributed by atoms with van der Waals surface area (Å²) < 4.78 is 0. The Kier molecular flexibility index (Phi) is 5.44. The van der Waals surface area contributed by atoms with E-state index in [1.807, 2.05) is 0 Å². The predicted octanol–water partition coefficient (Wildman–Crippen LogP) is 4.40. The average Bonchev–Trinajstić information content (AvgIpc) is 2.48. The monoisotopic (exact) mass is 352 g/mol. The highest BCUT2D eigenvalue weighted by molar-refractivity contribution is 6.42. The standard InChI is InChI=1S/C16H18Cl2N4O/c1-16(2,3)14-10(7-19-9-21-14)8-20-15(23)22-11-4-5-12(17)13(18)6-11/h4-7,9H,8H2,1-3H3,(H2,20,22,23). The Bertz CT molecular complexity index is 713. The van der Waals surface area contributed by atoms with Crippen LogP contribution in [0, 0.1) is 0 Å². The maximum absolute atomic E-state index is 12.0. The second-order valence-electron chi connectivity index (χ2n) is 6.08. The number of benzene rings is 1. The number of anilines is 1. The van der Waals surface area contributed by atoms with E-state index in [1.165, 1.54) is 6.33 Å². The molecular weight excluding hydrogens is 335 g/mol. The number of hydrogen-bond acceptors (Lipinski definition) is 3. The molecule has 0 aliphatic rings. The second kappa shape index (κ2) is 7.15. The largest absolute Gasteiger partial charge is 0.334 e. The van der Waals surface area contributed by atoms with E-state index in [2.05, 4.69) is 41.4 Å². The van der Waals surface area contributed by atoms with Crippen LogP contribution in [0.1, 0.15) is 32.0 Å². The van der Waals surface area contributed by atoms with Gasteiger partial charge in [-0.1, -0.05) is 44.0 Å². The Morgan fingerprint density at radius 2 is 1.96 bits per heavy atom. The molecule has 2 N–H and O–H groups in total. The van der Waals surface area contributed by atoms with E-state index in [1.54, 1.807) is 24.4 Å². The van der Waals surface area contributed by atoms with Crippen LogP contribution in [0.4, 0.5) is 10.5 Å². The first kappa shape index (κ1) is 17.5. The van der Waals surface area contributed by atoms with Gasteiger partial charge in [-0.2, -0.15) is 0 Å². The van der Waals surface area contributed by atoms with Gasteiger partial charge in [0.05, 0.1) is 15.7 Å². The molecule has 23 heavy (non-hydrogen) atoms. The van der Waals surface area contributed by atoms with Gasteiger partial charge in [0.25, 0.3) is 0 Å². The third-order valence-corrected chi connectivity index (χ3v) is 3.85. The molecule has 0 aliphatic heterocycles. The van der Waals surface area contributed by atoms with Gasteiger partial charge in [-0.3, -0.25) is 0 Å². The predicted molar refractivity (Wildman–Crippen MR) is 93.1 cm³/mol. The zero-order chi connectivity index (χ0) is 17.0. The topological polar surface area (TPSA) is 66.9 Å². The van der Waals surface area contributed by atoms with Crippen LogP contribution >= 0.6 is 23.2 Å². The van der Waals surface area contributed by atoms with Gasteiger partial charge in [0.2, 0.25) is 0 Å². The summed E-state index contributed by atoms with van der Waals surface area (Å²) in [5.74, 6) is 0. The van der Waals surface area contributed by atoms with Crippen LogP contribution in [0.15, 0.2) is 30.7 Å². The number of urea groups is 1.